The number of pyridine rings is 1. The Labute approximate surface area is 146 Å². The van der Waals surface area contributed by atoms with Gasteiger partial charge in [0.25, 0.3) is 11.5 Å². The zero-order valence-corrected chi connectivity index (χ0v) is 14.4. The van der Waals surface area contributed by atoms with Gasteiger partial charge in [-0.15, -0.1) is 0 Å². The number of nitrogens with zero attached hydrogens (tertiary/aromatic N) is 2. The zero-order chi connectivity index (χ0) is 17.4. The summed E-state index contributed by atoms with van der Waals surface area (Å²) in [6.07, 6.45) is 1.05. The molecule has 5 heteroatoms. The molecule has 0 N–H and O–H groups in total. The highest BCUT2D eigenvalue weighted by Gasteiger charge is 2.36. The van der Waals surface area contributed by atoms with Crippen molar-refractivity contribution in [2.75, 3.05) is 19.7 Å². The van der Waals surface area contributed by atoms with Crippen molar-refractivity contribution < 1.29 is 9.53 Å². The van der Waals surface area contributed by atoms with Crippen LogP contribution in [0.4, 0.5) is 0 Å². The number of amides is 1. The summed E-state index contributed by atoms with van der Waals surface area (Å²) in [5.41, 5.74) is 2.15. The van der Waals surface area contributed by atoms with Crippen LogP contribution in [-0.2, 0) is 11.3 Å². The third-order valence-electron chi connectivity index (χ3n) is 5.28. The molecule has 130 valence electrons. The quantitative estimate of drug-likeness (QED) is 0.862. The van der Waals surface area contributed by atoms with E-state index in [1.165, 1.54) is 0 Å². The van der Waals surface area contributed by atoms with E-state index in [1.54, 1.807) is 6.07 Å². The van der Waals surface area contributed by atoms with Crippen molar-refractivity contribution in [3.05, 3.63) is 64.1 Å². The van der Waals surface area contributed by atoms with Gasteiger partial charge in [0.05, 0.1) is 0 Å². The lowest BCUT2D eigenvalue weighted by Gasteiger charge is -2.42. The Kier molecular flexibility index (Phi) is 4.07. The molecule has 0 spiro atoms. The van der Waals surface area contributed by atoms with Crippen LogP contribution in [0, 0.1) is 12.8 Å². The number of hydrogen-bond acceptors (Lipinski definition) is 3. The number of carbonyl (C=O) groups is 1. The number of hydrogen-bond donors (Lipinski definition) is 0. The second-order valence-corrected chi connectivity index (χ2v) is 7.05. The lowest BCUT2D eigenvalue weighted by Crippen LogP contribution is -2.50. The summed E-state index contributed by atoms with van der Waals surface area (Å²) < 4.78 is 7.60. The largest absolute Gasteiger partial charge is 0.484 e. The smallest absolute Gasteiger partial charge is 0.260 e. The number of piperidine rings is 1. The third-order valence-corrected chi connectivity index (χ3v) is 5.28. The van der Waals surface area contributed by atoms with Crippen LogP contribution < -0.4 is 10.3 Å². The van der Waals surface area contributed by atoms with Crippen LogP contribution in [-0.4, -0.2) is 35.1 Å². The first-order valence-corrected chi connectivity index (χ1v) is 8.78. The zero-order valence-electron chi connectivity index (χ0n) is 14.4. The van der Waals surface area contributed by atoms with Crippen molar-refractivity contribution in [2.45, 2.75) is 25.8 Å². The molecule has 2 aromatic rings. The minimum absolute atomic E-state index is 0.0182. The van der Waals surface area contributed by atoms with Crippen molar-refractivity contribution in [1.82, 2.24) is 9.47 Å². The first-order valence-electron chi connectivity index (χ1n) is 8.78. The number of aryl methyl sites for hydroxylation is 1. The van der Waals surface area contributed by atoms with Gasteiger partial charge in [-0.25, -0.2) is 0 Å². The highest BCUT2D eigenvalue weighted by molar-refractivity contribution is 5.78. The fraction of sp³-hybridized carbons (Fsp3) is 0.400. The standard InChI is InChI=1S/C20H22N2O3/c1-14-5-2-3-7-18(14)25-13-20(24)21-10-15-9-16(12-21)17-6-4-8-19(23)22(17)11-15/h2-8,15-16H,9-13H2,1H3/t15-,16+/m0/s1. The molecule has 2 atom stereocenters. The second-order valence-electron chi connectivity index (χ2n) is 7.05. The molecule has 4 rings (SSSR count). The SMILES string of the molecule is Cc1ccccc1OCC(=O)N1C[C@@H]2C[C@H](C1)c1cccc(=O)n1C2. The maximum Gasteiger partial charge on any atom is 0.260 e. The van der Waals surface area contributed by atoms with Gasteiger partial charge in [0.15, 0.2) is 6.61 Å². The van der Waals surface area contributed by atoms with Gasteiger partial charge >= 0.3 is 0 Å². The van der Waals surface area contributed by atoms with Crippen LogP contribution >= 0.6 is 0 Å². The Morgan fingerprint density at radius 3 is 2.80 bits per heavy atom. The number of benzene rings is 1. The average Bonchev–Trinajstić information content (AvgIpc) is 2.61. The number of ether oxygens (including phenoxy) is 1. The number of fused-ring (bicyclic) bond motifs is 4. The fourth-order valence-corrected chi connectivity index (χ4v) is 4.05. The molecule has 1 amide bonds. The van der Waals surface area contributed by atoms with Crippen molar-refractivity contribution in [2.24, 2.45) is 5.92 Å². The van der Waals surface area contributed by atoms with Crippen molar-refractivity contribution in [1.29, 1.82) is 0 Å². The van der Waals surface area contributed by atoms with Crippen LogP contribution in [0.1, 0.15) is 23.6 Å². The van der Waals surface area contributed by atoms with Gasteiger partial charge in [-0.1, -0.05) is 24.3 Å². The van der Waals surface area contributed by atoms with Gasteiger partial charge in [0, 0.05) is 37.3 Å². The van der Waals surface area contributed by atoms with Crippen molar-refractivity contribution in [3.63, 3.8) is 0 Å². The van der Waals surface area contributed by atoms with E-state index >= 15 is 0 Å². The van der Waals surface area contributed by atoms with Gasteiger partial charge < -0.3 is 14.2 Å². The fourth-order valence-electron chi connectivity index (χ4n) is 4.05. The summed E-state index contributed by atoms with van der Waals surface area (Å²) in [5.74, 6) is 1.35. The van der Waals surface area contributed by atoms with E-state index in [1.807, 2.05) is 52.8 Å². The summed E-state index contributed by atoms with van der Waals surface area (Å²) in [7, 11) is 0. The molecule has 0 radical (unpaired) electrons. The molecule has 5 nitrogen and oxygen atoms in total. The minimum atomic E-state index is 0.0182. The molecular formula is C20H22N2O3. The van der Waals surface area contributed by atoms with Crippen LogP contribution in [0.3, 0.4) is 0 Å². The molecule has 1 saturated heterocycles. The third kappa shape index (κ3) is 3.06. The Morgan fingerprint density at radius 2 is 1.96 bits per heavy atom. The van der Waals surface area contributed by atoms with E-state index in [0.717, 1.165) is 23.4 Å². The Morgan fingerprint density at radius 1 is 1.12 bits per heavy atom. The van der Waals surface area contributed by atoms with Crippen LogP contribution in [0.25, 0.3) is 0 Å². The van der Waals surface area contributed by atoms with E-state index in [-0.39, 0.29) is 24.0 Å². The summed E-state index contributed by atoms with van der Waals surface area (Å²) in [4.78, 5) is 26.6. The predicted molar refractivity (Wildman–Crippen MR) is 94.8 cm³/mol. The molecule has 3 heterocycles. The van der Waals surface area contributed by atoms with Crippen molar-refractivity contribution >= 4 is 5.91 Å². The van der Waals surface area contributed by atoms with Gasteiger partial charge in [-0.05, 0) is 37.0 Å². The first-order chi connectivity index (χ1) is 12.1. The number of carbonyl (C=O) groups excluding carboxylic acids is 1. The monoisotopic (exact) mass is 338 g/mol. The summed E-state index contributed by atoms with van der Waals surface area (Å²) in [5, 5.41) is 0. The lowest BCUT2D eigenvalue weighted by atomic mass is 9.83. The highest BCUT2D eigenvalue weighted by Crippen LogP contribution is 2.34. The van der Waals surface area contributed by atoms with Gasteiger partial charge in [0.1, 0.15) is 5.75 Å². The molecule has 1 aromatic carbocycles. The van der Waals surface area contributed by atoms with Gasteiger partial charge in [-0.3, -0.25) is 9.59 Å². The maximum atomic E-state index is 12.6. The lowest BCUT2D eigenvalue weighted by molar-refractivity contribution is -0.136. The molecular weight excluding hydrogens is 316 g/mol. The van der Waals surface area contributed by atoms with Crippen LogP contribution in [0.5, 0.6) is 5.75 Å². The molecule has 2 aliphatic heterocycles. The number of likely N-dealkylation sites (tertiary alicyclic amines) is 1. The molecule has 25 heavy (non-hydrogen) atoms. The summed E-state index contributed by atoms with van der Waals surface area (Å²) >= 11 is 0. The van der Waals surface area contributed by atoms with E-state index in [2.05, 4.69) is 0 Å². The average molecular weight is 338 g/mol. The first kappa shape index (κ1) is 15.9. The molecule has 0 aliphatic carbocycles. The van der Waals surface area contributed by atoms with Crippen LogP contribution in [0.2, 0.25) is 0 Å². The molecule has 2 aliphatic rings. The Hall–Kier alpha value is -2.56. The molecule has 0 unspecified atom stereocenters. The normalized spacial score (nSPS) is 21.6. The van der Waals surface area contributed by atoms with Gasteiger partial charge in [0.2, 0.25) is 0 Å². The maximum absolute atomic E-state index is 12.6. The summed E-state index contributed by atoms with van der Waals surface area (Å²) in [6.45, 7) is 4.10. The molecule has 1 aromatic heterocycles. The summed E-state index contributed by atoms with van der Waals surface area (Å²) in [6, 6.07) is 13.2. The molecule has 1 fully saturated rings. The van der Waals surface area contributed by atoms with E-state index in [4.69, 9.17) is 4.74 Å². The topological polar surface area (TPSA) is 51.5 Å². The van der Waals surface area contributed by atoms with Crippen molar-refractivity contribution in [3.8, 4) is 5.75 Å². The molecule has 0 saturated carbocycles. The number of aromatic nitrogens is 1. The predicted octanol–water partition coefficient (Wildman–Crippen LogP) is 2.18. The van der Waals surface area contributed by atoms with E-state index < -0.39 is 0 Å². The highest BCUT2D eigenvalue weighted by atomic mass is 16.5. The van der Waals surface area contributed by atoms with E-state index in [9.17, 15) is 9.59 Å². The van der Waals surface area contributed by atoms with Gasteiger partial charge in [-0.2, -0.15) is 0 Å². The Balaban J connectivity index is 1.46. The Bertz CT molecular complexity index is 858. The number of rotatable bonds is 3. The van der Waals surface area contributed by atoms with Crippen LogP contribution in [0.15, 0.2) is 47.3 Å². The minimum Gasteiger partial charge on any atom is -0.484 e. The number of para-hydroxylation sites is 1. The molecule has 2 bridgehead atoms. The second kappa shape index (κ2) is 6.39. The van der Waals surface area contributed by atoms with E-state index in [0.29, 0.717) is 25.6 Å².